The molecule has 0 saturated carbocycles. The quantitative estimate of drug-likeness (QED) is 0.672. The highest BCUT2D eigenvalue weighted by atomic mass is 15.1. The van der Waals surface area contributed by atoms with Crippen LogP contribution >= 0.6 is 0 Å². The molecular formula is C14H30N2. The van der Waals surface area contributed by atoms with Gasteiger partial charge in [-0.05, 0) is 58.7 Å². The van der Waals surface area contributed by atoms with Crippen LogP contribution in [0.15, 0.2) is 0 Å². The average Bonchev–Trinajstić information content (AvgIpc) is 2.29. The summed E-state index contributed by atoms with van der Waals surface area (Å²) in [6, 6.07) is 0.715. The zero-order chi connectivity index (χ0) is 11.8. The summed E-state index contributed by atoms with van der Waals surface area (Å²) in [4.78, 5) is 2.69. The van der Waals surface area contributed by atoms with Crippen molar-refractivity contribution in [3.63, 3.8) is 0 Å². The normalized spacial score (nSPS) is 18.6. The molecule has 2 nitrogen and oxygen atoms in total. The van der Waals surface area contributed by atoms with Crippen LogP contribution in [0, 0.1) is 5.92 Å². The Morgan fingerprint density at radius 2 is 1.88 bits per heavy atom. The highest BCUT2D eigenvalue weighted by Crippen LogP contribution is 2.15. The topological polar surface area (TPSA) is 15.3 Å². The molecule has 1 N–H and O–H groups in total. The zero-order valence-corrected chi connectivity index (χ0v) is 11.5. The van der Waals surface area contributed by atoms with E-state index in [2.05, 4.69) is 31.0 Å². The van der Waals surface area contributed by atoms with Gasteiger partial charge in [0.2, 0.25) is 0 Å². The minimum atomic E-state index is 0.715. The minimum absolute atomic E-state index is 0.715. The highest BCUT2D eigenvalue weighted by molar-refractivity contribution is 4.74. The van der Waals surface area contributed by atoms with Crippen LogP contribution in [0.1, 0.15) is 52.9 Å². The third-order valence-corrected chi connectivity index (χ3v) is 3.73. The molecule has 1 aliphatic rings. The van der Waals surface area contributed by atoms with Crippen molar-refractivity contribution >= 4 is 0 Å². The number of piperidine rings is 1. The van der Waals surface area contributed by atoms with Crippen LogP contribution in [0.2, 0.25) is 0 Å². The Hall–Kier alpha value is -0.0800. The Morgan fingerprint density at radius 1 is 1.19 bits per heavy atom. The van der Waals surface area contributed by atoms with Gasteiger partial charge in [-0.1, -0.05) is 19.8 Å². The van der Waals surface area contributed by atoms with Crippen LogP contribution in [0.5, 0.6) is 0 Å². The van der Waals surface area contributed by atoms with Crippen LogP contribution in [0.3, 0.4) is 0 Å². The molecule has 1 fully saturated rings. The Morgan fingerprint density at radius 3 is 2.44 bits per heavy atom. The lowest BCUT2D eigenvalue weighted by atomic mass is 9.97. The van der Waals surface area contributed by atoms with Crippen molar-refractivity contribution in [1.82, 2.24) is 10.2 Å². The summed E-state index contributed by atoms with van der Waals surface area (Å²) in [7, 11) is 0. The van der Waals surface area contributed by atoms with Gasteiger partial charge in [0, 0.05) is 12.6 Å². The molecular weight excluding hydrogens is 196 g/mol. The number of hydrogen-bond donors (Lipinski definition) is 1. The summed E-state index contributed by atoms with van der Waals surface area (Å²) in [5, 5.41) is 3.45. The van der Waals surface area contributed by atoms with E-state index in [0.717, 1.165) is 5.92 Å². The van der Waals surface area contributed by atoms with E-state index in [0.29, 0.717) is 6.04 Å². The van der Waals surface area contributed by atoms with Gasteiger partial charge in [-0.3, -0.25) is 0 Å². The van der Waals surface area contributed by atoms with Gasteiger partial charge in [0.05, 0.1) is 0 Å². The number of rotatable bonds is 7. The molecule has 0 aromatic heterocycles. The zero-order valence-electron chi connectivity index (χ0n) is 11.5. The smallest absolute Gasteiger partial charge is 0.00387 e. The van der Waals surface area contributed by atoms with Gasteiger partial charge in [0.15, 0.2) is 0 Å². The number of nitrogens with one attached hydrogen (secondary N) is 1. The monoisotopic (exact) mass is 226 g/mol. The highest BCUT2D eigenvalue weighted by Gasteiger charge is 2.18. The van der Waals surface area contributed by atoms with E-state index in [1.54, 1.807) is 0 Å². The van der Waals surface area contributed by atoms with Crippen molar-refractivity contribution in [3.8, 4) is 0 Å². The lowest BCUT2D eigenvalue weighted by Crippen LogP contribution is -2.39. The first-order chi connectivity index (χ1) is 7.74. The molecule has 1 saturated heterocycles. The van der Waals surface area contributed by atoms with Gasteiger partial charge in [0.1, 0.15) is 0 Å². The SMILES string of the molecule is CCCCCN(CC1CCNCC1)C(C)C. The van der Waals surface area contributed by atoms with Gasteiger partial charge < -0.3 is 10.2 Å². The molecule has 0 aliphatic carbocycles. The maximum Gasteiger partial charge on any atom is 0.00387 e. The molecule has 0 unspecified atom stereocenters. The van der Waals surface area contributed by atoms with Crippen molar-refractivity contribution in [2.75, 3.05) is 26.2 Å². The Balaban J connectivity index is 2.25. The summed E-state index contributed by atoms with van der Waals surface area (Å²) in [6.45, 7) is 12.0. The Bertz CT molecular complexity index is 162. The first-order valence-corrected chi connectivity index (χ1v) is 7.18. The molecule has 96 valence electrons. The van der Waals surface area contributed by atoms with Gasteiger partial charge in [-0.25, -0.2) is 0 Å². The molecule has 0 atom stereocenters. The molecule has 0 bridgehead atoms. The molecule has 1 heterocycles. The first kappa shape index (κ1) is 14.0. The van der Waals surface area contributed by atoms with E-state index in [4.69, 9.17) is 0 Å². The summed E-state index contributed by atoms with van der Waals surface area (Å²) in [5.41, 5.74) is 0. The average molecular weight is 226 g/mol. The van der Waals surface area contributed by atoms with Gasteiger partial charge in [-0.15, -0.1) is 0 Å². The van der Waals surface area contributed by atoms with Crippen molar-refractivity contribution < 1.29 is 0 Å². The summed E-state index contributed by atoms with van der Waals surface area (Å²) in [6.07, 6.45) is 6.84. The molecule has 0 spiro atoms. The van der Waals surface area contributed by atoms with Crippen LogP contribution < -0.4 is 5.32 Å². The van der Waals surface area contributed by atoms with E-state index in [9.17, 15) is 0 Å². The molecule has 0 aromatic carbocycles. The molecule has 0 aromatic rings. The van der Waals surface area contributed by atoms with Crippen LogP contribution in [-0.2, 0) is 0 Å². The second-order valence-electron chi connectivity index (χ2n) is 5.49. The fourth-order valence-electron chi connectivity index (χ4n) is 2.52. The van der Waals surface area contributed by atoms with E-state index in [1.807, 2.05) is 0 Å². The van der Waals surface area contributed by atoms with Crippen molar-refractivity contribution in [2.45, 2.75) is 58.9 Å². The van der Waals surface area contributed by atoms with Crippen molar-refractivity contribution in [1.29, 1.82) is 0 Å². The third-order valence-electron chi connectivity index (χ3n) is 3.73. The number of hydrogen-bond acceptors (Lipinski definition) is 2. The van der Waals surface area contributed by atoms with Gasteiger partial charge >= 0.3 is 0 Å². The van der Waals surface area contributed by atoms with Crippen molar-refractivity contribution in [3.05, 3.63) is 0 Å². The van der Waals surface area contributed by atoms with Crippen LogP contribution in [-0.4, -0.2) is 37.1 Å². The summed E-state index contributed by atoms with van der Waals surface area (Å²) in [5.74, 6) is 0.935. The maximum absolute atomic E-state index is 3.45. The third kappa shape index (κ3) is 5.31. The predicted molar refractivity (Wildman–Crippen MR) is 71.8 cm³/mol. The Labute approximate surface area is 102 Å². The standard InChI is InChI=1S/C14H30N2/c1-4-5-6-11-16(13(2)3)12-14-7-9-15-10-8-14/h13-15H,4-12H2,1-3H3. The molecule has 0 amide bonds. The van der Waals surface area contributed by atoms with Crippen LogP contribution in [0.4, 0.5) is 0 Å². The minimum Gasteiger partial charge on any atom is -0.317 e. The van der Waals surface area contributed by atoms with Gasteiger partial charge in [0.25, 0.3) is 0 Å². The maximum atomic E-state index is 3.45. The number of nitrogens with zero attached hydrogens (tertiary/aromatic N) is 1. The fourth-order valence-corrected chi connectivity index (χ4v) is 2.52. The van der Waals surface area contributed by atoms with E-state index >= 15 is 0 Å². The van der Waals surface area contributed by atoms with Crippen LogP contribution in [0.25, 0.3) is 0 Å². The van der Waals surface area contributed by atoms with Crippen molar-refractivity contribution in [2.24, 2.45) is 5.92 Å². The molecule has 16 heavy (non-hydrogen) atoms. The second-order valence-corrected chi connectivity index (χ2v) is 5.49. The largest absolute Gasteiger partial charge is 0.317 e. The predicted octanol–water partition coefficient (Wildman–Crippen LogP) is 2.89. The number of unbranched alkanes of at least 4 members (excludes halogenated alkanes) is 2. The lowest BCUT2D eigenvalue weighted by Gasteiger charge is -2.32. The van der Waals surface area contributed by atoms with E-state index < -0.39 is 0 Å². The molecule has 2 heteroatoms. The summed E-state index contributed by atoms with van der Waals surface area (Å²) >= 11 is 0. The fraction of sp³-hybridized carbons (Fsp3) is 1.00. The summed E-state index contributed by atoms with van der Waals surface area (Å²) < 4.78 is 0. The van der Waals surface area contributed by atoms with E-state index in [-0.39, 0.29) is 0 Å². The molecule has 1 aliphatic heterocycles. The second kappa shape index (κ2) is 8.08. The molecule has 0 radical (unpaired) electrons. The molecule has 1 rings (SSSR count). The van der Waals surface area contributed by atoms with E-state index in [1.165, 1.54) is 58.3 Å². The van der Waals surface area contributed by atoms with Gasteiger partial charge in [-0.2, -0.15) is 0 Å². The lowest BCUT2D eigenvalue weighted by molar-refractivity contribution is 0.166. The Kier molecular flexibility index (Phi) is 7.06. The first-order valence-electron chi connectivity index (χ1n) is 7.18.